The molecule has 2 aliphatic carbocycles. The zero-order chi connectivity index (χ0) is 14.3. The average molecular weight is 279 g/mol. The average Bonchev–Trinajstić information content (AvgIpc) is 3.22. The summed E-state index contributed by atoms with van der Waals surface area (Å²) in [6, 6.07) is 2.35. The van der Waals surface area contributed by atoms with Crippen LogP contribution in [0.4, 0.5) is 0 Å². The number of hydrogen-bond acceptors (Lipinski definition) is 3. The molecule has 2 N–H and O–H groups in total. The lowest BCUT2D eigenvalue weighted by atomic mass is 9.83. The summed E-state index contributed by atoms with van der Waals surface area (Å²) in [6.07, 6.45) is 9.66. The third-order valence-electron chi connectivity index (χ3n) is 6.32. The molecule has 0 aromatic rings. The molecule has 1 saturated heterocycles. The SMILES string of the molecule is CC1CCCC(N(C)C2(CN)CC(C)N(C3CC3)C2)C1. The summed E-state index contributed by atoms with van der Waals surface area (Å²) in [4.78, 5) is 5.44. The second-order valence-corrected chi connectivity index (χ2v) is 7.92. The van der Waals surface area contributed by atoms with Crippen LogP contribution in [0.5, 0.6) is 0 Å². The van der Waals surface area contributed by atoms with Crippen LogP contribution < -0.4 is 5.73 Å². The normalized spacial score (nSPS) is 43.4. The van der Waals surface area contributed by atoms with Gasteiger partial charge in [0, 0.05) is 36.8 Å². The zero-order valence-electron chi connectivity index (χ0n) is 13.6. The maximum atomic E-state index is 6.29. The lowest BCUT2D eigenvalue weighted by molar-refractivity contribution is 0.0513. The number of hydrogen-bond donors (Lipinski definition) is 1. The Morgan fingerprint density at radius 3 is 2.55 bits per heavy atom. The third kappa shape index (κ3) is 2.65. The van der Waals surface area contributed by atoms with Crippen LogP contribution in [-0.4, -0.2) is 53.6 Å². The van der Waals surface area contributed by atoms with Crippen molar-refractivity contribution in [1.29, 1.82) is 0 Å². The van der Waals surface area contributed by atoms with Crippen molar-refractivity contribution >= 4 is 0 Å². The summed E-state index contributed by atoms with van der Waals surface area (Å²) >= 11 is 0. The largest absolute Gasteiger partial charge is 0.329 e. The zero-order valence-corrected chi connectivity index (χ0v) is 13.6. The second kappa shape index (κ2) is 5.58. The van der Waals surface area contributed by atoms with Crippen LogP contribution in [0.15, 0.2) is 0 Å². The van der Waals surface area contributed by atoms with E-state index in [1.807, 2.05) is 0 Å². The molecule has 0 spiro atoms. The van der Waals surface area contributed by atoms with Crippen LogP contribution in [0.25, 0.3) is 0 Å². The molecule has 2 saturated carbocycles. The molecule has 4 unspecified atom stereocenters. The minimum atomic E-state index is 0.240. The van der Waals surface area contributed by atoms with Gasteiger partial charge in [-0.3, -0.25) is 9.80 Å². The van der Waals surface area contributed by atoms with E-state index >= 15 is 0 Å². The third-order valence-corrected chi connectivity index (χ3v) is 6.32. The Hall–Kier alpha value is -0.120. The molecule has 0 amide bonds. The van der Waals surface area contributed by atoms with Gasteiger partial charge in [-0.15, -0.1) is 0 Å². The van der Waals surface area contributed by atoms with Crippen LogP contribution in [0.3, 0.4) is 0 Å². The number of likely N-dealkylation sites (tertiary alicyclic amines) is 1. The van der Waals surface area contributed by atoms with E-state index in [-0.39, 0.29) is 5.54 Å². The monoisotopic (exact) mass is 279 g/mol. The molecule has 0 radical (unpaired) electrons. The first-order chi connectivity index (χ1) is 9.55. The Labute approximate surface area is 124 Å². The van der Waals surface area contributed by atoms with E-state index in [0.29, 0.717) is 0 Å². The van der Waals surface area contributed by atoms with Crippen LogP contribution in [0, 0.1) is 5.92 Å². The highest BCUT2D eigenvalue weighted by atomic mass is 15.3. The summed E-state index contributed by atoms with van der Waals surface area (Å²) in [6.45, 7) is 6.86. The van der Waals surface area contributed by atoms with Gasteiger partial charge >= 0.3 is 0 Å². The van der Waals surface area contributed by atoms with Crippen molar-refractivity contribution < 1.29 is 0 Å². The summed E-state index contributed by atoms with van der Waals surface area (Å²) in [5.41, 5.74) is 6.53. The highest BCUT2D eigenvalue weighted by molar-refractivity contribution is 5.07. The van der Waals surface area contributed by atoms with Gasteiger partial charge in [-0.1, -0.05) is 19.8 Å². The predicted octanol–water partition coefficient (Wildman–Crippen LogP) is 2.45. The minimum absolute atomic E-state index is 0.240. The van der Waals surface area contributed by atoms with E-state index in [9.17, 15) is 0 Å². The molecule has 0 aromatic heterocycles. The topological polar surface area (TPSA) is 32.5 Å². The Morgan fingerprint density at radius 2 is 1.95 bits per heavy atom. The molecule has 1 heterocycles. The fourth-order valence-electron chi connectivity index (χ4n) is 4.81. The number of nitrogens with two attached hydrogens (primary N) is 1. The lowest BCUT2D eigenvalue weighted by Gasteiger charge is -2.45. The van der Waals surface area contributed by atoms with E-state index in [0.717, 1.165) is 30.6 Å². The Bertz CT molecular complexity index is 341. The van der Waals surface area contributed by atoms with Gasteiger partial charge in [0.25, 0.3) is 0 Å². The lowest BCUT2D eigenvalue weighted by Crippen LogP contribution is -2.58. The van der Waals surface area contributed by atoms with Crippen molar-refractivity contribution in [2.45, 2.75) is 82.5 Å². The fourth-order valence-corrected chi connectivity index (χ4v) is 4.81. The van der Waals surface area contributed by atoms with E-state index in [1.54, 1.807) is 0 Å². The molecule has 0 aromatic carbocycles. The molecular formula is C17H33N3. The number of nitrogens with zero attached hydrogens (tertiary/aromatic N) is 2. The first-order valence-electron chi connectivity index (χ1n) is 8.74. The van der Waals surface area contributed by atoms with Crippen molar-refractivity contribution in [2.24, 2.45) is 11.7 Å². The summed E-state index contributed by atoms with van der Waals surface area (Å²) in [5, 5.41) is 0. The highest BCUT2D eigenvalue weighted by Crippen LogP contribution is 2.41. The van der Waals surface area contributed by atoms with Crippen molar-refractivity contribution in [2.75, 3.05) is 20.1 Å². The molecule has 4 atom stereocenters. The smallest absolute Gasteiger partial charge is 0.0473 e. The van der Waals surface area contributed by atoms with Crippen molar-refractivity contribution in [3.63, 3.8) is 0 Å². The Morgan fingerprint density at radius 1 is 1.20 bits per heavy atom. The molecule has 3 heteroatoms. The number of rotatable bonds is 4. The maximum absolute atomic E-state index is 6.29. The van der Waals surface area contributed by atoms with Gasteiger partial charge in [0.15, 0.2) is 0 Å². The maximum Gasteiger partial charge on any atom is 0.0473 e. The van der Waals surface area contributed by atoms with Crippen molar-refractivity contribution in [1.82, 2.24) is 9.80 Å². The van der Waals surface area contributed by atoms with Gasteiger partial charge in [0.2, 0.25) is 0 Å². The van der Waals surface area contributed by atoms with Crippen LogP contribution in [-0.2, 0) is 0 Å². The summed E-state index contributed by atoms with van der Waals surface area (Å²) < 4.78 is 0. The van der Waals surface area contributed by atoms with E-state index in [1.165, 1.54) is 51.5 Å². The summed E-state index contributed by atoms with van der Waals surface area (Å²) in [7, 11) is 2.36. The number of likely N-dealkylation sites (N-methyl/N-ethyl adjacent to an activating group) is 1. The van der Waals surface area contributed by atoms with Gasteiger partial charge in [-0.05, 0) is 52.0 Å². The van der Waals surface area contributed by atoms with Crippen LogP contribution >= 0.6 is 0 Å². The predicted molar refractivity (Wildman–Crippen MR) is 84.8 cm³/mol. The highest BCUT2D eigenvalue weighted by Gasteiger charge is 2.49. The van der Waals surface area contributed by atoms with Gasteiger partial charge in [-0.25, -0.2) is 0 Å². The van der Waals surface area contributed by atoms with Crippen molar-refractivity contribution in [3.05, 3.63) is 0 Å². The summed E-state index contributed by atoms with van der Waals surface area (Å²) in [5.74, 6) is 0.893. The van der Waals surface area contributed by atoms with E-state index < -0.39 is 0 Å². The molecule has 116 valence electrons. The fraction of sp³-hybridized carbons (Fsp3) is 1.00. The van der Waals surface area contributed by atoms with Gasteiger partial charge < -0.3 is 5.73 Å². The van der Waals surface area contributed by atoms with Gasteiger partial charge in [0.05, 0.1) is 0 Å². The van der Waals surface area contributed by atoms with Crippen molar-refractivity contribution in [3.8, 4) is 0 Å². The van der Waals surface area contributed by atoms with E-state index in [4.69, 9.17) is 5.73 Å². The first-order valence-corrected chi connectivity index (χ1v) is 8.74. The van der Waals surface area contributed by atoms with Gasteiger partial charge in [-0.2, -0.15) is 0 Å². The van der Waals surface area contributed by atoms with Gasteiger partial charge in [0.1, 0.15) is 0 Å². The first kappa shape index (κ1) is 14.8. The van der Waals surface area contributed by atoms with E-state index in [2.05, 4.69) is 30.7 Å². The molecule has 3 aliphatic rings. The molecular weight excluding hydrogens is 246 g/mol. The quantitative estimate of drug-likeness (QED) is 0.858. The Balaban J connectivity index is 1.71. The molecule has 3 nitrogen and oxygen atoms in total. The molecule has 3 rings (SSSR count). The standard InChI is InChI=1S/C17H33N3/c1-13-5-4-6-16(9-13)19(3)17(11-18)10-14(2)20(12-17)15-7-8-15/h13-16H,4-12,18H2,1-3H3. The van der Waals surface area contributed by atoms with Crippen LogP contribution in [0.1, 0.15) is 58.8 Å². The second-order valence-electron chi connectivity index (χ2n) is 7.92. The minimum Gasteiger partial charge on any atom is -0.329 e. The molecule has 20 heavy (non-hydrogen) atoms. The van der Waals surface area contributed by atoms with Crippen LogP contribution in [0.2, 0.25) is 0 Å². The molecule has 3 fully saturated rings. The molecule has 0 bridgehead atoms. The Kier molecular flexibility index (Phi) is 4.13. The molecule has 1 aliphatic heterocycles.